The summed E-state index contributed by atoms with van der Waals surface area (Å²) in [6, 6.07) is 19.9. The average molecular weight is 425 g/mol. The molecule has 0 unspecified atom stereocenters. The van der Waals surface area contributed by atoms with E-state index in [0.717, 1.165) is 11.1 Å². The number of ketones is 1. The van der Waals surface area contributed by atoms with Crippen LogP contribution in [0, 0.1) is 0 Å². The summed E-state index contributed by atoms with van der Waals surface area (Å²) in [6.45, 7) is 1.84. The molecule has 0 saturated heterocycles. The Morgan fingerprint density at radius 3 is 2.20 bits per heavy atom. The molecule has 0 aliphatic carbocycles. The maximum absolute atomic E-state index is 12.4. The van der Waals surface area contributed by atoms with Crippen LogP contribution in [0.15, 0.2) is 66.7 Å². The summed E-state index contributed by atoms with van der Waals surface area (Å²) in [5, 5.41) is 0.228. The quantitative estimate of drug-likeness (QED) is 0.355. The van der Waals surface area contributed by atoms with Crippen molar-refractivity contribution in [2.75, 3.05) is 20.3 Å². The van der Waals surface area contributed by atoms with Gasteiger partial charge in [0.1, 0.15) is 0 Å². The second kappa shape index (κ2) is 9.94. The molecule has 30 heavy (non-hydrogen) atoms. The maximum Gasteiger partial charge on any atom is 0.338 e. The first kappa shape index (κ1) is 21.4. The van der Waals surface area contributed by atoms with Crippen LogP contribution in [0.2, 0.25) is 5.02 Å². The lowest BCUT2D eigenvalue weighted by atomic mass is 10.0. The van der Waals surface area contributed by atoms with E-state index in [4.69, 9.17) is 25.8 Å². The fourth-order valence-electron chi connectivity index (χ4n) is 2.90. The summed E-state index contributed by atoms with van der Waals surface area (Å²) in [5.41, 5.74) is 2.70. The van der Waals surface area contributed by atoms with Crippen molar-refractivity contribution in [3.63, 3.8) is 0 Å². The van der Waals surface area contributed by atoms with Crippen LogP contribution < -0.4 is 9.47 Å². The number of methoxy groups -OCH3 is 1. The van der Waals surface area contributed by atoms with Gasteiger partial charge in [0.15, 0.2) is 23.9 Å². The molecule has 0 amide bonds. The molecule has 0 N–H and O–H groups in total. The van der Waals surface area contributed by atoms with E-state index >= 15 is 0 Å². The van der Waals surface area contributed by atoms with Crippen molar-refractivity contribution in [1.29, 1.82) is 0 Å². The Balaban J connectivity index is 1.66. The molecule has 0 heterocycles. The van der Waals surface area contributed by atoms with Crippen LogP contribution in [0.1, 0.15) is 27.6 Å². The van der Waals surface area contributed by atoms with Crippen molar-refractivity contribution in [2.24, 2.45) is 0 Å². The van der Waals surface area contributed by atoms with E-state index in [9.17, 15) is 9.59 Å². The molecule has 3 aromatic rings. The molecule has 5 nitrogen and oxygen atoms in total. The van der Waals surface area contributed by atoms with Crippen LogP contribution >= 0.6 is 11.6 Å². The van der Waals surface area contributed by atoms with Crippen LogP contribution in [0.3, 0.4) is 0 Å². The van der Waals surface area contributed by atoms with Gasteiger partial charge in [0.05, 0.1) is 24.3 Å². The van der Waals surface area contributed by atoms with E-state index in [1.54, 1.807) is 12.1 Å². The van der Waals surface area contributed by atoms with Crippen molar-refractivity contribution < 1.29 is 23.8 Å². The van der Waals surface area contributed by atoms with Gasteiger partial charge in [0.2, 0.25) is 0 Å². The Bertz CT molecular complexity index is 1030. The number of ether oxygens (including phenoxy) is 3. The molecule has 0 fully saturated rings. The number of hydrogen-bond acceptors (Lipinski definition) is 5. The first-order chi connectivity index (χ1) is 14.5. The van der Waals surface area contributed by atoms with Crippen molar-refractivity contribution >= 4 is 23.4 Å². The second-order valence-corrected chi connectivity index (χ2v) is 6.77. The van der Waals surface area contributed by atoms with Crippen LogP contribution in [-0.4, -0.2) is 32.1 Å². The first-order valence-corrected chi connectivity index (χ1v) is 9.77. The summed E-state index contributed by atoms with van der Waals surface area (Å²) >= 11 is 6.18. The van der Waals surface area contributed by atoms with E-state index in [1.807, 2.05) is 49.4 Å². The van der Waals surface area contributed by atoms with Crippen LogP contribution in [-0.2, 0) is 4.74 Å². The molecular formula is C24H21ClO5. The van der Waals surface area contributed by atoms with E-state index in [0.29, 0.717) is 23.7 Å². The molecule has 0 saturated carbocycles. The smallest absolute Gasteiger partial charge is 0.338 e. The number of rotatable bonds is 8. The Morgan fingerprint density at radius 1 is 0.900 bits per heavy atom. The molecule has 0 aliphatic heterocycles. The SMILES string of the molecule is CCOc1c(Cl)cc(C(=O)OCC(=O)c2ccc(-c3ccccc3)cc2)cc1OC. The monoisotopic (exact) mass is 424 g/mol. The predicted molar refractivity (Wildman–Crippen MR) is 116 cm³/mol. The number of halogens is 1. The lowest BCUT2D eigenvalue weighted by Crippen LogP contribution is -2.14. The summed E-state index contributed by atoms with van der Waals surface area (Å²) in [5.74, 6) is -0.300. The molecule has 0 radical (unpaired) electrons. The highest BCUT2D eigenvalue weighted by atomic mass is 35.5. The molecule has 6 heteroatoms. The average Bonchev–Trinajstić information content (AvgIpc) is 2.79. The third-order valence-corrected chi connectivity index (χ3v) is 4.68. The number of hydrogen-bond donors (Lipinski definition) is 0. The van der Waals surface area contributed by atoms with E-state index < -0.39 is 5.97 Å². The summed E-state index contributed by atoms with van der Waals surface area (Å²) in [6.07, 6.45) is 0. The van der Waals surface area contributed by atoms with Crippen LogP contribution in [0.4, 0.5) is 0 Å². The number of benzene rings is 3. The van der Waals surface area contributed by atoms with Gasteiger partial charge >= 0.3 is 5.97 Å². The van der Waals surface area contributed by atoms with Crippen LogP contribution in [0.25, 0.3) is 11.1 Å². The van der Waals surface area contributed by atoms with Gasteiger partial charge in [0.25, 0.3) is 0 Å². The Morgan fingerprint density at radius 2 is 1.57 bits per heavy atom. The predicted octanol–water partition coefficient (Wildman–Crippen LogP) is 5.45. The van der Waals surface area contributed by atoms with E-state index in [1.165, 1.54) is 19.2 Å². The molecule has 3 rings (SSSR count). The third kappa shape index (κ3) is 4.99. The number of carbonyl (C=O) groups is 2. The Labute approximate surface area is 180 Å². The summed E-state index contributed by atoms with van der Waals surface area (Å²) in [7, 11) is 1.45. The van der Waals surface area contributed by atoms with E-state index in [2.05, 4.69) is 0 Å². The van der Waals surface area contributed by atoms with Gasteiger partial charge in [-0.05, 0) is 30.2 Å². The normalized spacial score (nSPS) is 10.4. The standard InChI is InChI=1S/C24H21ClO5/c1-3-29-23-20(25)13-19(14-22(23)28-2)24(27)30-15-21(26)18-11-9-17(10-12-18)16-7-5-4-6-8-16/h4-14H,3,15H2,1-2H3. The summed E-state index contributed by atoms with van der Waals surface area (Å²) in [4.78, 5) is 24.8. The molecule has 3 aromatic carbocycles. The zero-order valence-corrected chi connectivity index (χ0v) is 17.4. The first-order valence-electron chi connectivity index (χ1n) is 9.39. The van der Waals surface area contributed by atoms with Crippen molar-refractivity contribution in [3.8, 4) is 22.6 Å². The zero-order valence-electron chi connectivity index (χ0n) is 16.7. The highest BCUT2D eigenvalue weighted by molar-refractivity contribution is 6.32. The molecule has 154 valence electrons. The molecule has 0 atom stereocenters. The Hall–Kier alpha value is -3.31. The highest BCUT2D eigenvalue weighted by Gasteiger charge is 2.18. The topological polar surface area (TPSA) is 61.8 Å². The van der Waals surface area contributed by atoms with Crippen molar-refractivity contribution in [2.45, 2.75) is 6.92 Å². The number of Topliss-reactive ketones (excluding diaryl/α,β-unsaturated/α-hetero) is 1. The minimum atomic E-state index is -0.674. The van der Waals surface area contributed by atoms with Gasteiger partial charge in [0, 0.05) is 5.56 Å². The van der Waals surface area contributed by atoms with Crippen LogP contribution in [0.5, 0.6) is 11.5 Å². The fraction of sp³-hybridized carbons (Fsp3) is 0.167. The van der Waals surface area contributed by atoms with Gasteiger partial charge in [-0.1, -0.05) is 66.2 Å². The van der Waals surface area contributed by atoms with Gasteiger partial charge < -0.3 is 14.2 Å². The van der Waals surface area contributed by atoms with Gasteiger partial charge in [-0.25, -0.2) is 4.79 Å². The second-order valence-electron chi connectivity index (χ2n) is 6.37. The zero-order chi connectivity index (χ0) is 21.5. The van der Waals surface area contributed by atoms with Gasteiger partial charge in [-0.3, -0.25) is 4.79 Å². The lowest BCUT2D eigenvalue weighted by molar-refractivity contribution is 0.0474. The van der Waals surface area contributed by atoms with Crippen molar-refractivity contribution in [1.82, 2.24) is 0 Å². The minimum absolute atomic E-state index is 0.174. The summed E-state index contributed by atoms with van der Waals surface area (Å²) < 4.78 is 15.8. The minimum Gasteiger partial charge on any atom is -0.493 e. The third-order valence-electron chi connectivity index (χ3n) is 4.40. The fourth-order valence-corrected chi connectivity index (χ4v) is 3.16. The molecule has 0 bridgehead atoms. The van der Waals surface area contributed by atoms with E-state index in [-0.39, 0.29) is 23.0 Å². The van der Waals surface area contributed by atoms with Gasteiger partial charge in [-0.15, -0.1) is 0 Å². The lowest BCUT2D eigenvalue weighted by Gasteiger charge is -2.13. The highest BCUT2D eigenvalue weighted by Crippen LogP contribution is 2.36. The largest absolute Gasteiger partial charge is 0.493 e. The molecule has 0 aliphatic rings. The Kier molecular flexibility index (Phi) is 7.09. The molecule has 0 spiro atoms. The molecular weight excluding hydrogens is 404 g/mol. The van der Waals surface area contributed by atoms with Gasteiger partial charge in [-0.2, -0.15) is 0 Å². The maximum atomic E-state index is 12.4. The number of esters is 1. The number of carbonyl (C=O) groups excluding carboxylic acids is 2. The van der Waals surface area contributed by atoms with Crippen molar-refractivity contribution in [3.05, 3.63) is 82.9 Å². The molecule has 0 aromatic heterocycles.